The zero-order valence-electron chi connectivity index (χ0n) is 19.4. The average molecular weight is 572 g/mol. The molecule has 36 heavy (non-hydrogen) atoms. The number of hydrogen-bond acceptors (Lipinski definition) is 8. The van der Waals surface area contributed by atoms with Gasteiger partial charge < -0.3 is 19.1 Å². The van der Waals surface area contributed by atoms with Gasteiger partial charge in [-0.25, -0.2) is 0 Å². The van der Waals surface area contributed by atoms with Crippen LogP contribution >= 0.6 is 27.7 Å². The molecule has 0 aliphatic carbocycles. The Balaban J connectivity index is 1.50. The van der Waals surface area contributed by atoms with Gasteiger partial charge in [0, 0.05) is 23.1 Å². The third-order valence-electron chi connectivity index (χ3n) is 5.62. The molecule has 2 aliphatic rings. The molecule has 0 spiro atoms. The molecule has 0 radical (unpaired) electrons. The van der Waals surface area contributed by atoms with Gasteiger partial charge in [0.2, 0.25) is 5.91 Å². The fourth-order valence-corrected chi connectivity index (χ4v) is 4.94. The van der Waals surface area contributed by atoms with Gasteiger partial charge in [-0.05, 0) is 41.6 Å². The summed E-state index contributed by atoms with van der Waals surface area (Å²) in [6.45, 7) is 1.62. The van der Waals surface area contributed by atoms with Crippen molar-refractivity contribution in [2.75, 3.05) is 40.0 Å². The van der Waals surface area contributed by atoms with Crippen molar-refractivity contribution in [3.63, 3.8) is 0 Å². The molecule has 0 unspecified atom stereocenters. The first-order valence-corrected chi connectivity index (χ1v) is 12.6. The van der Waals surface area contributed by atoms with Gasteiger partial charge in [0.15, 0.2) is 11.5 Å². The van der Waals surface area contributed by atoms with E-state index in [2.05, 4.69) is 22.0 Å². The zero-order chi connectivity index (χ0) is 25.7. The van der Waals surface area contributed by atoms with Gasteiger partial charge in [0.05, 0.1) is 36.9 Å². The van der Waals surface area contributed by atoms with Gasteiger partial charge >= 0.3 is 0 Å². The number of carbonyl (C=O) groups is 3. The summed E-state index contributed by atoms with van der Waals surface area (Å²) in [6, 6.07) is 12.7. The summed E-state index contributed by atoms with van der Waals surface area (Å²) in [6.07, 6.45) is 1.57. The largest absolute Gasteiger partial charge is 0.493 e. The summed E-state index contributed by atoms with van der Waals surface area (Å²) in [4.78, 5) is 40.7. The van der Waals surface area contributed by atoms with Crippen LogP contribution in [0.4, 0.5) is 4.79 Å². The maximum atomic E-state index is 12.9. The van der Waals surface area contributed by atoms with Gasteiger partial charge in [-0.2, -0.15) is 5.26 Å². The molecule has 2 saturated heterocycles. The Bertz CT molecular complexity index is 1270. The van der Waals surface area contributed by atoms with Crippen molar-refractivity contribution >= 4 is 50.8 Å². The van der Waals surface area contributed by atoms with Crippen LogP contribution in [0.15, 0.2) is 45.8 Å². The predicted molar refractivity (Wildman–Crippen MR) is 136 cm³/mol. The van der Waals surface area contributed by atoms with Crippen molar-refractivity contribution in [3.05, 3.63) is 62.5 Å². The summed E-state index contributed by atoms with van der Waals surface area (Å²) < 4.78 is 17.2. The fraction of sp³-hybridized carbons (Fsp3) is 0.280. The molecular weight excluding hydrogens is 550 g/mol. The van der Waals surface area contributed by atoms with Crippen LogP contribution in [0, 0.1) is 11.3 Å². The second kappa shape index (κ2) is 11.6. The van der Waals surface area contributed by atoms with E-state index in [9.17, 15) is 19.6 Å². The SMILES string of the molecule is COc1cc(/C=C2/SC(=O)N(CC(=O)N3CCOCC3)C2=O)c(Br)cc1OCc1ccccc1C#N. The zero-order valence-corrected chi connectivity index (χ0v) is 21.8. The molecule has 11 heteroatoms. The lowest BCUT2D eigenvalue weighted by molar-refractivity contribution is -0.139. The normalized spacial score (nSPS) is 16.9. The smallest absolute Gasteiger partial charge is 0.294 e. The lowest BCUT2D eigenvalue weighted by Gasteiger charge is -2.28. The maximum Gasteiger partial charge on any atom is 0.294 e. The van der Waals surface area contributed by atoms with E-state index >= 15 is 0 Å². The molecule has 2 aromatic rings. The van der Waals surface area contributed by atoms with Crippen LogP contribution in [-0.4, -0.2) is 66.8 Å². The molecule has 2 aromatic carbocycles. The number of nitriles is 1. The monoisotopic (exact) mass is 571 g/mol. The lowest BCUT2D eigenvalue weighted by atomic mass is 10.1. The maximum absolute atomic E-state index is 12.9. The molecule has 186 valence electrons. The van der Waals surface area contributed by atoms with Gasteiger partial charge in [-0.1, -0.05) is 34.1 Å². The van der Waals surface area contributed by atoms with Gasteiger partial charge in [0.1, 0.15) is 13.2 Å². The number of morpholine rings is 1. The first-order valence-electron chi connectivity index (χ1n) is 11.0. The van der Waals surface area contributed by atoms with Crippen LogP contribution in [0.3, 0.4) is 0 Å². The molecule has 0 N–H and O–H groups in total. The number of methoxy groups -OCH3 is 1. The minimum absolute atomic E-state index is 0.169. The Morgan fingerprint density at radius 2 is 1.97 bits per heavy atom. The molecule has 0 atom stereocenters. The molecule has 3 amide bonds. The minimum atomic E-state index is -0.522. The molecule has 0 aromatic heterocycles. The summed E-state index contributed by atoms with van der Waals surface area (Å²) >= 11 is 4.27. The summed E-state index contributed by atoms with van der Waals surface area (Å²) in [5.41, 5.74) is 1.86. The third-order valence-corrected chi connectivity index (χ3v) is 7.22. The van der Waals surface area contributed by atoms with E-state index in [1.165, 1.54) is 7.11 Å². The number of nitrogens with zero attached hydrogens (tertiary/aromatic N) is 3. The Morgan fingerprint density at radius 1 is 1.22 bits per heavy atom. The second-order valence-electron chi connectivity index (χ2n) is 7.84. The highest BCUT2D eigenvalue weighted by Gasteiger charge is 2.37. The quantitative estimate of drug-likeness (QED) is 0.461. The lowest BCUT2D eigenvalue weighted by Crippen LogP contribution is -2.46. The number of imide groups is 1. The molecule has 0 bridgehead atoms. The number of thioether (sulfide) groups is 1. The van der Waals surface area contributed by atoms with Crippen LogP contribution in [0.25, 0.3) is 6.08 Å². The van der Waals surface area contributed by atoms with Crippen molar-refractivity contribution < 1.29 is 28.6 Å². The van der Waals surface area contributed by atoms with Crippen LogP contribution in [-0.2, 0) is 20.9 Å². The van der Waals surface area contributed by atoms with Crippen LogP contribution in [0.2, 0.25) is 0 Å². The van der Waals surface area contributed by atoms with E-state index in [1.807, 2.05) is 12.1 Å². The first kappa shape index (κ1) is 25.8. The van der Waals surface area contributed by atoms with Crippen LogP contribution < -0.4 is 9.47 Å². The standard InChI is InChI=1S/C25H22BrN3O6S/c1-33-20-10-18(19(26)12-21(20)35-15-17-5-3-2-4-16(17)13-27)11-22-24(31)29(25(32)36-22)14-23(30)28-6-8-34-9-7-28/h2-5,10-12H,6-9,14-15H2,1H3/b22-11+. The van der Waals surface area contributed by atoms with Gasteiger partial charge in [0.25, 0.3) is 11.1 Å². The van der Waals surface area contributed by atoms with E-state index in [-0.39, 0.29) is 24.0 Å². The topological polar surface area (TPSA) is 109 Å². The number of rotatable bonds is 7. The third kappa shape index (κ3) is 5.73. The van der Waals surface area contributed by atoms with Crippen LogP contribution in [0.1, 0.15) is 16.7 Å². The van der Waals surface area contributed by atoms with E-state index in [0.29, 0.717) is 53.4 Å². The average Bonchev–Trinajstić information content (AvgIpc) is 3.16. The molecule has 4 rings (SSSR count). The fourth-order valence-electron chi connectivity index (χ4n) is 3.67. The first-order chi connectivity index (χ1) is 17.4. The number of halogens is 1. The van der Waals surface area contributed by atoms with E-state index in [4.69, 9.17) is 14.2 Å². The van der Waals surface area contributed by atoms with Crippen molar-refractivity contribution in [2.24, 2.45) is 0 Å². The van der Waals surface area contributed by atoms with E-state index in [1.54, 1.807) is 35.2 Å². The highest BCUT2D eigenvalue weighted by molar-refractivity contribution is 9.10. The second-order valence-corrected chi connectivity index (χ2v) is 9.69. The highest BCUT2D eigenvalue weighted by Crippen LogP contribution is 2.38. The van der Waals surface area contributed by atoms with Gasteiger partial charge in [-0.15, -0.1) is 0 Å². The Labute approximate surface area is 220 Å². The number of hydrogen-bond donors (Lipinski definition) is 0. The molecule has 2 aliphatic heterocycles. The molecular formula is C25H22BrN3O6S. The number of ether oxygens (including phenoxy) is 3. The molecule has 0 saturated carbocycles. The summed E-state index contributed by atoms with van der Waals surface area (Å²) in [5, 5.41) is 8.79. The van der Waals surface area contributed by atoms with Crippen molar-refractivity contribution in [1.29, 1.82) is 5.26 Å². The Kier molecular flexibility index (Phi) is 8.30. The molecule has 2 fully saturated rings. The van der Waals surface area contributed by atoms with Gasteiger partial charge in [-0.3, -0.25) is 19.3 Å². The van der Waals surface area contributed by atoms with Crippen molar-refractivity contribution in [2.45, 2.75) is 6.61 Å². The highest BCUT2D eigenvalue weighted by atomic mass is 79.9. The predicted octanol–water partition coefficient (Wildman–Crippen LogP) is 3.80. The number of amides is 3. The summed E-state index contributed by atoms with van der Waals surface area (Å²) in [7, 11) is 1.49. The molecule has 2 heterocycles. The van der Waals surface area contributed by atoms with Crippen molar-refractivity contribution in [1.82, 2.24) is 9.80 Å². The van der Waals surface area contributed by atoms with E-state index < -0.39 is 11.1 Å². The van der Waals surface area contributed by atoms with Crippen molar-refractivity contribution in [3.8, 4) is 17.6 Å². The number of benzene rings is 2. The summed E-state index contributed by atoms with van der Waals surface area (Å²) in [5.74, 6) is 0.0502. The minimum Gasteiger partial charge on any atom is -0.493 e. The van der Waals surface area contributed by atoms with Crippen LogP contribution in [0.5, 0.6) is 11.5 Å². The molecule has 9 nitrogen and oxygen atoms in total. The Morgan fingerprint density at radius 3 is 2.69 bits per heavy atom. The number of carbonyl (C=O) groups excluding carboxylic acids is 3. The Hall–Kier alpha value is -3.33. The van der Waals surface area contributed by atoms with E-state index in [0.717, 1.165) is 22.2 Å².